The molecule has 4 rings (SSSR count). The number of thioether (sulfide) groups is 1. The summed E-state index contributed by atoms with van der Waals surface area (Å²) in [4.78, 5) is 14.5. The van der Waals surface area contributed by atoms with Crippen molar-refractivity contribution in [3.8, 4) is 5.75 Å². The van der Waals surface area contributed by atoms with Crippen molar-refractivity contribution in [2.75, 3.05) is 7.11 Å². The molecule has 3 aromatic rings. The van der Waals surface area contributed by atoms with Gasteiger partial charge in [0.1, 0.15) is 5.75 Å². The molecule has 0 aliphatic carbocycles. The summed E-state index contributed by atoms with van der Waals surface area (Å²) in [5.74, 6) is 0.779. The molecule has 0 saturated carbocycles. The molecule has 1 fully saturated rings. The van der Waals surface area contributed by atoms with Gasteiger partial charge in [-0.2, -0.15) is 5.10 Å². The lowest BCUT2D eigenvalue weighted by atomic mass is 10.0. The standard InChI is InChI=1S/C23H21N3O2S/c1-16-22(27)26(15-19-11-7-10-17-8-3-5-12-20(17)19)23(29-16)25-24-14-18-9-4-6-13-21(18)28-2/h3-14,16H,15H2,1-2H3/b24-14+,25-23-. The minimum Gasteiger partial charge on any atom is -0.496 e. The smallest absolute Gasteiger partial charge is 0.242 e. The fourth-order valence-electron chi connectivity index (χ4n) is 3.32. The quantitative estimate of drug-likeness (QED) is 0.458. The van der Waals surface area contributed by atoms with Gasteiger partial charge in [0.05, 0.1) is 25.1 Å². The predicted octanol–water partition coefficient (Wildman–Crippen LogP) is 4.70. The van der Waals surface area contributed by atoms with Crippen LogP contribution in [0.2, 0.25) is 0 Å². The highest BCUT2D eigenvalue weighted by Gasteiger charge is 2.35. The summed E-state index contributed by atoms with van der Waals surface area (Å²) in [6, 6.07) is 21.9. The maximum Gasteiger partial charge on any atom is 0.242 e. The number of hydrogen-bond acceptors (Lipinski definition) is 5. The fraction of sp³-hybridized carbons (Fsp3) is 0.174. The van der Waals surface area contributed by atoms with Crippen molar-refractivity contribution >= 4 is 39.8 Å². The highest BCUT2D eigenvalue weighted by atomic mass is 32.2. The van der Waals surface area contributed by atoms with Crippen LogP contribution < -0.4 is 4.74 Å². The van der Waals surface area contributed by atoms with Crippen LogP contribution in [0.4, 0.5) is 0 Å². The average molecular weight is 404 g/mol. The molecule has 1 atom stereocenters. The molecule has 5 nitrogen and oxygen atoms in total. The van der Waals surface area contributed by atoms with Gasteiger partial charge in [0.25, 0.3) is 0 Å². The van der Waals surface area contributed by atoms with Crippen LogP contribution in [0.5, 0.6) is 5.75 Å². The molecule has 0 spiro atoms. The number of carbonyl (C=O) groups is 1. The number of amidine groups is 1. The number of benzene rings is 3. The Morgan fingerprint density at radius 3 is 2.69 bits per heavy atom. The molecule has 1 unspecified atom stereocenters. The Morgan fingerprint density at radius 1 is 1.07 bits per heavy atom. The number of nitrogens with zero attached hydrogens (tertiary/aromatic N) is 3. The maximum absolute atomic E-state index is 12.7. The SMILES string of the molecule is COc1ccccc1/C=N/N=C1\SC(C)C(=O)N1Cc1cccc2ccccc12. The summed E-state index contributed by atoms with van der Waals surface area (Å²) in [5, 5.41) is 11.3. The van der Waals surface area contributed by atoms with Crippen molar-refractivity contribution in [2.45, 2.75) is 18.7 Å². The van der Waals surface area contributed by atoms with Gasteiger partial charge in [0.15, 0.2) is 5.17 Å². The third-order valence-electron chi connectivity index (χ3n) is 4.81. The van der Waals surface area contributed by atoms with E-state index in [1.165, 1.54) is 11.8 Å². The van der Waals surface area contributed by atoms with Gasteiger partial charge < -0.3 is 4.74 Å². The van der Waals surface area contributed by atoms with Crippen molar-refractivity contribution in [1.82, 2.24) is 4.90 Å². The summed E-state index contributed by atoms with van der Waals surface area (Å²) in [5.41, 5.74) is 1.93. The lowest BCUT2D eigenvalue weighted by Gasteiger charge is -2.17. The van der Waals surface area contributed by atoms with Gasteiger partial charge >= 0.3 is 0 Å². The highest BCUT2D eigenvalue weighted by molar-refractivity contribution is 8.15. The van der Waals surface area contributed by atoms with Crippen molar-refractivity contribution in [2.24, 2.45) is 10.2 Å². The summed E-state index contributed by atoms with van der Waals surface area (Å²) in [7, 11) is 1.62. The number of para-hydroxylation sites is 1. The zero-order valence-corrected chi connectivity index (χ0v) is 17.1. The lowest BCUT2D eigenvalue weighted by molar-refractivity contribution is -0.126. The Morgan fingerprint density at radius 2 is 1.83 bits per heavy atom. The van der Waals surface area contributed by atoms with Crippen LogP contribution in [0.1, 0.15) is 18.1 Å². The van der Waals surface area contributed by atoms with Crippen LogP contribution in [-0.2, 0) is 11.3 Å². The molecule has 3 aromatic carbocycles. The second kappa shape index (κ2) is 8.49. The molecule has 0 N–H and O–H groups in total. The van der Waals surface area contributed by atoms with Crippen LogP contribution in [0, 0.1) is 0 Å². The first-order valence-electron chi connectivity index (χ1n) is 9.36. The van der Waals surface area contributed by atoms with Gasteiger partial charge in [-0.25, -0.2) is 0 Å². The third-order valence-corrected chi connectivity index (χ3v) is 5.88. The van der Waals surface area contributed by atoms with E-state index < -0.39 is 0 Å². The number of hydrogen-bond donors (Lipinski definition) is 0. The van der Waals surface area contributed by atoms with Crippen molar-refractivity contribution < 1.29 is 9.53 Å². The number of ether oxygens (including phenoxy) is 1. The summed E-state index contributed by atoms with van der Waals surface area (Å²) in [6.45, 7) is 2.37. The molecule has 146 valence electrons. The van der Waals surface area contributed by atoms with Gasteiger partial charge in [-0.15, -0.1) is 5.10 Å². The predicted molar refractivity (Wildman–Crippen MR) is 120 cm³/mol. The van der Waals surface area contributed by atoms with Crippen LogP contribution >= 0.6 is 11.8 Å². The van der Waals surface area contributed by atoms with Crippen molar-refractivity contribution in [3.05, 3.63) is 77.9 Å². The van der Waals surface area contributed by atoms with Crippen LogP contribution in [0.3, 0.4) is 0 Å². The van der Waals surface area contributed by atoms with E-state index in [9.17, 15) is 4.79 Å². The molecule has 6 heteroatoms. The van der Waals surface area contributed by atoms with E-state index >= 15 is 0 Å². The van der Waals surface area contributed by atoms with Gasteiger partial charge in [-0.05, 0) is 35.4 Å². The van der Waals surface area contributed by atoms with E-state index in [1.54, 1.807) is 18.2 Å². The molecule has 1 aliphatic heterocycles. The van der Waals surface area contributed by atoms with E-state index in [2.05, 4.69) is 34.5 Å². The van der Waals surface area contributed by atoms with Crippen molar-refractivity contribution in [3.63, 3.8) is 0 Å². The molecular weight excluding hydrogens is 382 g/mol. The first kappa shape index (κ1) is 19.2. The second-order valence-electron chi connectivity index (χ2n) is 6.69. The normalized spacial score (nSPS) is 18.3. The molecular formula is C23H21N3O2S. The number of carbonyl (C=O) groups excluding carboxylic acids is 1. The molecule has 1 amide bonds. The number of fused-ring (bicyclic) bond motifs is 1. The lowest BCUT2D eigenvalue weighted by Crippen LogP contribution is -2.30. The van der Waals surface area contributed by atoms with Gasteiger partial charge in [0, 0.05) is 5.56 Å². The Kier molecular flexibility index (Phi) is 5.62. The van der Waals surface area contributed by atoms with Gasteiger partial charge in [-0.3, -0.25) is 9.69 Å². The number of amides is 1. The Balaban J connectivity index is 1.62. The molecule has 1 saturated heterocycles. The van der Waals surface area contributed by atoms with Gasteiger partial charge in [-0.1, -0.05) is 66.4 Å². The molecule has 1 aliphatic rings. The molecule has 1 heterocycles. The van der Waals surface area contributed by atoms with E-state index in [-0.39, 0.29) is 11.2 Å². The first-order valence-corrected chi connectivity index (χ1v) is 10.2. The van der Waals surface area contributed by atoms with E-state index in [4.69, 9.17) is 4.74 Å². The van der Waals surface area contributed by atoms with Crippen molar-refractivity contribution in [1.29, 1.82) is 0 Å². The average Bonchev–Trinajstić information content (AvgIpc) is 3.02. The van der Waals surface area contributed by atoms with Gasteiger partial charge in [0.2, 0.25) is 5.91 Å². The minimum atomic E-state index is -0.176. The Labute approximate surface area is 174 Å². The second-order valence-corrected chi connectivity index (χ2v) is 8.00. The summed E-state index contributed by atoms with van der Waals surface area (Å²) >= 11 is 1.43. The first-order chi connectivity index (χ1) is 14.2. The van der Waals surface area contributed by atoms with Crippen LogP contribution in [0.15, 0.2) is 76.9 Å². The molecule has 0 radical (unpaired) electrons. The maximum atomic E-state index is 12.7. The summed E-state index contributed by atoms with van der Waals surface area (Å²) < 4.78 is 5.33. The van der Waals surface area contributed by atoms with E-state index in [1.807, 2.05) is 49.4 Å². The Hall–Kier alpha value is -3.12. The third kappa shape index (κ3) is 4.03. The number of methoxy groups -OCH3 is 1. The van der Waals surface area contributed by atoms with Crippen LogP contribution in [-0.4, -0.2) is 34.5 Å². The largest absolute Gasteiger partial charge is 0.496 e. The zero-order valence-electron chi connectivity index (χ0n) is 16.3. The molecule has 29 heavy (non-hydrogen) atoms. The summed E-state index contributed by atoms with van der Waals surface area (Å²) in [6.07, 6.45) is 1.65. The zero-order chi connectivity index (χ0) is 20.2. The van der Waals surface area contributed by atoms with E-state index in [0.29, 0.717) is 11.7 Å². The topological polar surface area (TPSA) is 54.3 Å². The Bertz CT molecular complexity index is 1100. The van der Waals surface area contributed by atoms with Crippen LogP contribution in [0.25, 0.3) is 10.8 Å². The highest BCUT2D eigenvalue weighted by Crippen LogP contribution is 2.30. The minimum absolute atomic E-state index is 0.0502. The monoisotopic (exact) mass is 403 g/mol. The fourth-order valence-corrected chi connectivity index (χ4v) is 4.24. The molecule has 0 aromatic heterocycles. The number of rotatable bonds is 5. The van der Waals surface area contributed by atoms with E-state index in [0.717, 1.165) is 27.6 Å². The molecule has 0 bridgehead atoms.